The largest absolute Gasteiger partial charge is 0.472 e. The Morgan fingerprint density at radius 2 is 1.89 bits per heavy atom. The maximum absolute atomic E-state index is 15.3. The minimum atomic E-state index is -3.33. The number of anilines is 1. The molecule has 11 nitrogen and oxygen atoms in total. The van der Waals surface area contributed by atoms with Gasteiger partial charge in [-0.15, -0.1) is 0 Å². The quantitative estimate of drug-likeness (QED) is 0.473. The van der Waals surface area contributed by atoms with Gasteiger partial charge in [0.05, 0.1) is 25.5 Å². The van der Waals surface area contributed by atoms with Crippen LogP contribution in [0.5, 0.6) is 5.75 Å². The molecule has 9 atom stereocenters. The molecule has 15 heteroatoms. The number of amides is 4. The van der Waals surface area contributed by atoms with Crippen molar-refractivity contribution in [3.63, 3.8) is 0 Å². The number of hydrogen-bond donors (Lipinski definition) is 2. The van der Waals surface area contributed by atoms with Crippen molar-refractivity contribution in [3.05, 3.63) is 18.3 Å². The Bertz CT molecular complexity index is 1590. The first-order valence-corrected chi connectivity index (χ1v) is 15.9. The molecule has 252 valence electrons. The Balaban J connectivity index is 1.20. The number of carbonyl (C=O) groups is 4. The predicted octanol–water partition coefficient (Wildman–Crippen LogP) is 2.77. The highest BCUT2D eigenvalue weighted by Gasteiger charge is 2.66. The molecule has 1 aromatic heterocycles. The van der Waals surface area contributed by atoms with Gasteiger partial charge in [-0.25, -0.2) is 22.5 Å². The van der Waals surface area contributed by atoms with E-state index in [1.165, 1.54) is 16.0 Å². The summed E-state index contributed by atoms with van der Waals surface area (Å²) in [7, 11) is 0. The number of nitrogens with one attached hydrogen (secondary N) is 2. The molecule has 47 heavy (non-hydrogen) atoms. The molecular weight excluding hydrogens is 624 g/mol. The summed E-state index contributed by atoms with van der Waals surface area (Å²) in [4.78, 5) is 61.9. The lowest BCUT2D eigenvalue weighted by Crippen LogP contribution is -2.64. The predicted molar refractivity (Wildman–Crippen MR) is 155 cm³/mol. The van der Waals surface area contributed by atoms with Crippen molar-refractivity contribution in [1.29, 1.82) is 5.26 Å². The van der Waals surface area contributed by atoms with Gasteiger partial charge in [0.25, 0.3) is 17.7 Å². The minimum Gasteiger partial charge on any atom is -0.472 e. The monoisotopic (exact) mass is 660 g/mol. The van der Waals surface area contributed by atoms with E-state index in [0.29, 0.717) is 12.8 Å². The number of likely N-dealkylation sites (tertiary alicyclic amines) is 2. The smallest absolute Gasteiger partial charge is 0.271 e. The van der Waals surface area contributed by atoms with Crippen molar-refractivity contribution in [3.8, 4) is 11.8 Å². The van der Waals surface area contributed by atoms with Crippen LogP contribution in [0.25, 0.3) is 0 Å². The second-order valence-electron chi connectivity index (χ2n) is 15.3. The summed E-state index contributed by atoms with van der Waals surface area (Å²) in [5.41, 5.74) is -5.49. The Morgan fingerprint density at radius 1 is 1.17 bits per heavy atom. The average molecular weight is 661 g/mol. The molecule has 6 aliphatic rings. The molecule has 0 radical (unpaired) electrons. The van der Waals surface area contributed by atoms with E-state index in [-0.39, 0.29) is 42.9 Å². The summed E-state index contributed by atoms with van der Waals surface area (Å²) < 4.78 is 63.6. The summed E-state index contributed by atoms with van der Waals surface area (Å²) >= 11 is 0. The van der Waals surface area contributed by atoms with Gasteiger partial charge >= 0.3 is 0 Å². The minimum absolute atomic E-state index is 0.0708. The van der Waals surface area contributed by atoms with Crippen molar-refractivity contribution >= 4 is 29.4 Å². The van der Waals surface area contributed by atoms with E-state index in [9.17, 15) is 33.2 Å². The molecule has 3 aliphatic heterocycles. The fraction of sp³-hybridized carbons (Fsp3) is 0.688. The molecule has 9 unspecified atom stereocenters. The highest BCUT2D eigenvalue weighted by molar-refractivity contribution is 6.01. The maximum atomic E-state index is 15.3. The van der Waals surface area contributed by atoms with Crippen LogP contribution in [0.1, 0.15) is 52.9 Å². The first-order valence-electron chi connectivity index (χ1n) is 15.9. The number of carbonyl (C=O) groups excluding carboxylic acids is 4. The van der Waals surface area contributed by atoms with Crippen LogP contribution in [0.3, 0.4) is 0 Å². The van der Waals surface area contributed by atoms with Crippen molar-refractivity contribution in [2.24, 2.45) is 29.1 Å². The number of nitriles is 1. The zero-order valence-corrected chi connectivity index (χ0v) is 26.1. The van der Waals surface area contributed by atoms with Crippen molar-refractivity contribution < 1.29 is 41.5 Å². The maximum Gasteiger partial charge on any atom is 0.271 e. The van der Waals surface area contributed by atoms with E-state index < -0.39 is 95.2 Å². The number of aromatic nitrogens is 1. The van der Waals surface area contributed by atoms with Gasteiger partial charge in [-0.2, -0.15) is 5.26 Å². The normalized spacial score (nSPS) is 36.5. The van der Waals surface area contributed by atoms with Crippen LogP contribution >= 0.6 is 0 Å². The molecule has 0 aromatic carbocycles. The molecule has 1 aromatic rings. The molecule has 5 fully saturated rings. The van der Waals surface area contributed by atoms with Crippen molar-refractivity contribution in [1.82, 2.24) is 20.1 Å². The molecule has 1 spiro atoms. The van der Waals surface area contributed by atoms with Gasteiger partial charge in [0, 0.05) is 19.2 Å². The highest BCUT2D eigenvalue weighted by Crippen LogP contribution is 2.59. The molecule has 2 N–H and O–H groups in total. The van der Waals surface area contributed by atoms with E-state index in [1.54, 1.807) is 32.9 Å². The number of hydrogen-bond acceptors (Lipinski definition) is 7. The van der Waals surface area contributed by atoms with Crippen LogP contribution in [0.2, 0.25) is 0 Å². The zero-order chi connectivity index (χ0) is 33.8. The molecule has 3 saturated carbocycles. The molecular formula is C32H36F4N6O5. The third-order valence-electron chi connectivity index (χ3n) is 11.2. The molecule has 4 amide bonds. The Labute approximate surface area is 268 Å². The Hall–Kier alpha value is -3.96. The lowest BCUT2D eigenvalue weighted by molar-refractivity contribution is -0.185. The number of pyridine rings is 1. The first kappa shape index (κ1) is 31.6. The fourth-order valence-electron chi connectivity index (χ4n) is 8.93. The second kappa shape index (κ2) is 10.3. The van der Waals surface area contributed by atoms with Crippen molar-refractivity contribution in [2.45, 2.75) is 94.4 Å². The summed E-state index contributed by atoms with van der Waals surface area (Å²) in [6, 6.07) is 1.53. The van der Waals surface area contributed by atoms with Crippen molar-refractivity contribution in [2.75, 3.05) is 18.4 Å². The van der Waals surface area contributed by atoms with Gasteiger partial charge in [-0.3, -0.25) is 19.2 Å². The fourth-order valence-corrected chi connectivity index (χ4v) is 8.93. The van der Waals surface area contributed by atoms with E-state index >= 15 is 8.78 Å². The molecule has 2 bridgehead atoms. The van der Waals surface area contributed by atoms with Gasteiger partial charge in [0.1, 0.15) is 24.3 Å². The van der Waals surface area contributed by atoms with E-state index in [2.05, 4.69) is 21.7 Å². The van der Waals surface area contributed by atoms with Crippen LogP contribution < -0.4 is 15.4 Å². The summed E-state index contributed by atoms with van der Waals surface area (Å²) in [5.74, 6) is -7.58. The van der Waals surface area contributed by atoms with E-state index in [0.717, 1.165) is 0 Å². The van der Waals surface area contributed by atoms with Gasteiger partial charge < -0.3 is 25.2 Å². The molecule has 4 heterocycles. The van der Waals surface area contributed by atoms with Crippen LogP contribution in [0.15, 0.2) is 18.3 Å². The molecule has 3 aliphatic carbocycles. The molecule has 2 saturated heterocycles. The number of ether oxygens (including phenoxy) is 1. The van der Waals surface area contributed by atoms with Gasteiger partial charge in [-0.1, -0.05) is 20.8 Å². The number of fused-ring (bicyclic) bond motifs is 6. The lowest BCUT2D eigenvalue weighted by atomic mass is 9.76. The summed E-state index contributed by atoms with van der Waals surface area (Å²) in [5, 5.41) is 15.2. The third kappa shape index (κ3) is 4.84. The van der Waals surface area contributed by atoms with Gasteiger partial charge in [0.15, 0.2) is 17.2 Å². The number of rotatable bonds is 4. The standard InChI is InChI=1S/C32H36F4N6O5/c1-29(2,3)23(39-27(45)30(34)12-32(35,36)13-30)26(44)41-11-18-15-7-17(19(33)8-15)21(18)22(41)25(43)42-14-31(9-16(42)10-37)28(46)40-24-20(47-31)5-4-6-38-24/h4-6,15-19,21-23H,7-9,11-14H2,1-3H3,(H,39,45)(H,38,40,46). The summed E-state index contributed by atoms with van der Waals surface area (Å²) in [6.07, 6.45) is -1.63. The third-order valence-corrected chi connectivity index (χ3v) is 11.2. The van der Waals surface area contributed by atoms with E-state index in [4.69, 9.17) is 4.74 Å². The lowest BCUT2D eigenvalue weighted by Gasteiger charge is -2.42. The highest BCUT2D eigenvalue weighted by atomic mass is 19.3. The molecule has 7 rings (SSSR count). The SMILES string of the molecule is CC(C)(C)C(NC(=O)C1(F)CC(F)(F)C1)C(=O)N1CC2C3CC(F)C(C3)C2C1C(=O)N1CC2(CC1C#N)Oc1cccnc1NC2=O. The second-order valence-corrected chi connectivity index (χ2v) is 15.3. The van der Waals surface area contributed by atoms with E-state index in [1.807, 2.05) is 0 Å². The number of nitrogens with zero attached hydrogens (tertiary/aromatic N) is 4. The summed E-state index contributed by atoms with van der Waals surface area (Å²) in [6.45, 7) is 4.61. The Morgan fingerprint density at radius 3 is 2.55 bits per heavy atom. The van der Waals surface area contributed by atoms with Crippen LogP contribution in [0.4, 0.5) is 23.4 Å². The van der Waals surface area contributed by atoms with Gasteiger partial charge in [0.2, 0.25) is 17.4 Å². The van der Waals surface area contributed by atoms with Crippen LogP contribution in [-0.4, -0.2) is 93.0 Å². The topological polar surface area (TPSA) is 145 Å². The first-order chi connectivity index (χ1) is 22.0. The number of halogens is 4. The van der Waals surface area contributed by atoms with Crippen LogP contribution in [0, 0.1) is 40.4 Å². The van der Waals surface area contributed by atoms with Crippen LogP contribution in [-0.2, 0) is 19.2 Å². The Kier molecular flexibility index (Phi) is 6.91. The average Bonchev–Trinajstić information content (AvgIpc) is 3.73. The zero-order valence-electron chi connectivity index (χ0n) is 26.1. The van der Waals surface area contributed by atoms with Gasteiger partial charge in [-0.05, 0) is 54.1 Å². The number of alkyl halides is 4.